The number of carbonyl (C=O) groups excluding carboxylic acids is 6. The van der Waals surface area contributed by atoms with Crippen molar-refractivity contribution < 1.29 is 63.8 Å². The van der Waals surface area contributed by atoms with E-state index in [0.29, 0.717) is 45.3 Å². The average Bonchev–Trinajstić information content (AvgIpc) is 0.796. The molecule has 602 valence electrons. The molecule has 0 bridgehead atoms. The number of anilines is 10. The lowest BCUT2D eigenvalue weighted by atomic mass is 10.1. The van der Waals surface area contributed by atoms with Gasteiger partial charge in [-0.15, -0.1) is 0 Å². The Morgan fingerprint density at radius 1 is 0.368 bits per heavy atom. The minimum Gasteiger partial charge on any atom is -0.506 e. The Morgan fingerprint density at radius 3 is 1.08 bits per heavy atom. The maximum atomic E-state index is 12.9. The van der Waals surface area contributed by atoms with Crippen molar-refractivity contribution in [3.8, 4) is 45.6 Å². The van der Waals surface area contributed by atoms with E-state index in [9.17, 15) is 64.2 Å². The molecular weight excluding hydrogens is 1450 g/mol. The van der Waals surface area contributed by atoms with E-state index in [-0.39, 0.29) is 74.2 Å². The van der Waals surface area contributed by atoms with Gasteiger partial charge in [0.1, 0.15) is 40.1 Å². The summed E-state index contributed by atoms with van der Waals surface area (Å²) in [5, 5.41) is 77.2. The first-order valence-corrected chi connectivity index (χ1v) is 38.3. The molecule has 0 aliphatic carbocycles. The molecule has 26 nitrogen and oxygen atoms in total. The molecule has 2 heterocycles. The van der Waals surface area contributed by atoms with Crippen molar-refractivity contribution in [3.05, 3.63) is 207 Å². The van der Waals surface area contributed by atoms with Gasteiger partial charge in [-0.1, -0.05) is 157 Å². The summed E-state index contributed by atoms with van der Waals surface area (Å²) in [5.74, 6) is -4.39. The van der Waals surface area contributed by atoms with Gasteiger partial charge >= 0.3 is 41.1 Å². The second-order valence-corrected chi connectivity index (χ2v) is 27.8. The molecule has 10 aromatic rings. The van der Waals surface area contributed by atoms with Crippen molar-refractivity contribution >= 4 is 104 Å². The van der Waals surface area contributed by atoms with Crippen LogP contribution in [0.5, 0.6) is 34.5 Å². The molecule has 0 aliphatic heterocycles. The summed E-state index contributed by atoms with van der Waals surface area (Å²) in [4.78, 5) is 104. The van der Waals surface area contributed by atoms with E-state index < -0.39 is 35.4 Å². The molecule has 6 amide bonds. The number of hydrogen-bond donors (Lipinski definition) is 13. The van der Waals surface area contributed by atoms with Gasteiger partial charge in [0.05, 0.1) is 39.7 Å². The first kappa shape index (κ1) is 88.2. The highest BCUT2D eigenvalue weighted by Gasteiger charge is 2.23. The minimum absolute atomic E-state index is 0.0870. The quantitative estimate of drug-likeness (QED) is 0.00984. The number of rotatable bonds is 27. The fourth-order valence-electron chi connectivity index (χ4n) is 12.3. The fourth-order valence-corrected chi connectivity index (χ4v) is 12.3. The van der Waals surface area contributed by atoms with Gasteiger partial charge < -0.3 is 82.1 Å². The molecule has 0 aliphatic rings. The van der Waals surface area contributed by atoms with Gasteiger partial charge in [0.15, 0.2) is 0 Å². The number of fused-ring (bicyclic) bond motifs is 1. The predicted molar refractivity (Wildman–Crippen MR) is 452 cm³/mol. The number of para-hydroxylation sites is 4. The van der Waals surface area contributed by atoms with E-state index in [1.54, 1.807) is 100 Å². The molecule has 0 saturated carbocycles. The van der Waals surface area contributed by atoms with Crippen LogP contribution >= 0.6 is 0 Å². The van der Waals surface area contributed by atoms with E-state index >= 15 is 0 Å². The number of carbonyl (C=O) groups is 6. The van der Waals surface area contributed by atoms with Gasteiger partial charge in [-0.25, -0.2) is 4.79 Å². The number of aryl methyl sites for hydroxylation is 8. The van der Waals surface area contributed by atoms with Crippen LogP contribution in [0.3, 0.4) is 0 Å². The summed E-state index contributed by atoms with van der Waals surface area (Å²) in [6.45, 7) is 26.3. The zero-order valence-corrected chi connectivity index (χ0v) is 66.9. The molecule has 0 spiro atoms. The topological polar surface area (TPSA) is 383 Å². The van der Waals surface area contributed by atoms with Crippen LogP contribution in [0.1, 0.15) is 149 Å². The number of phenols is 6. The first-order chi connectivity index (χ1) is 54.5. The Bertz CT molecular complexity index is 4840. The number of nitrogens with one attached hydrogen (secondary N) is 7. The normalized spacial score (nSPS) is 10.6. The van der Waals surface area contributed by atoms with Gasteiger partial charge in [0, 0.05) is 43.3 Å². The maximum Gasteiger partial charge on any atom is 0.344 e. The largest absolute Gasteiger partial charge is 0.506 e. The van der Waals surface area contributed by atoms with Crippen molar-refractivity contribution in [2.45, 2.75) is 160 Å². The third-order valence-corrected chi connectivity index (χ3v) is 18.3. The SMILES string of the molecule is CCCCCCCCN(CCCCCCCC)c1nc(Nc2ccc3cc(-c4ccccc4)c(=O)oc3c2)nc(N(CC)CC)n1.Cc1cc(C)c(O)c(NC(=O)C(=O)Nc2cc(C)cc(C)c2O)c1.Cc1cc(C)c(O)c(NC(=O)C(=O)Nc2ccccc2O)c1.Cc1cc(C)c(O)c(NC(=O)C(=O)Nc2ccccc2O)c1. The third-order valence-electron chi connectivity index (χ3n) is 18.3. The Hall–Kier alpha value is -13.0. The fraction of sp³-hybridized carbons (Fsp3) is 0.318. The summed E-state index contributed by atoms with van der Waals surface area (Å²) in [7, 11) is 0. The molecule has 8 aromatic carbocycles. The van der Waals surface area contributed by atoms with Crippen molar-refractivity contribution in [2.24, 2.45) is 0 Å². The number of aromatic nitrogens is 3. The second kappa shape index (κ2) is 43.6. The molecule has 0 radical (unpaired) electrons. The lowest BCUT2D eigenvalue weighted by Crippen LogP contribution is -2.30. The van der Waals surface area contributed by atoms with Gasteiger partial charge in [-0.2, -0.15) is 15.0 Å². The Kier molecular flexibility index (Phi) is 33.7. The molecule has 0 saturated heterocycles. The summed E-state index contributed by atoms with van der Waals surface area (Å²) in [6.07, 6.45) is 15.0. The van der Waals surface area contributed by atoms with Crippen molar-refractivity contribution in [1.82, 2.24) is 15.0 Å². The molecular formula is C88H106N12O14. The molecule has 26 heteroatoms. The molecule has 2 aromatic heterocycles. The van der Waals surface area contributed by atoms with Crippen molar-refractivity contribution in [1.29, 1.82) is 0 Å². The van der Waals surface area contributed by atoms with Crippen LogP contribution in [0.2, 0.25) is 0 Å². The second-order valence-electron chi connectivity index (χ2n) is 27.8. The number of phenolic OH excluding ortho intramolecular Hbond substituents is 6. The van der Waals surface area contributed by atoms with Crippen LogP contribution < -0.4 is 52.6 Å². The van der Waals surface area contributed by atoms with Crippen LogP contribution in [0.25, 0.3) is 22.1 Å². The molecule has 0 fully saturated rings. The highest BCUT2D eigenvalue weighted by molar-refractivity contribution is 6.45. The van der Waals surface area contributed by atoms with Crippen LogP contribution in [0.4, 0.5) is 57.7 Å². The zero-order valence-electron chi connectivity index (χ0n) is 66.9. The van der Waals surface area contributed by atoms with E-state index in [2.05, 4.69) is 74.7 Å². The standard InChI is InChI=1S/C38H54N6O2.C18H20N2O4.2C16H16N2O4/c1-5-9-11-13-15-20-26-44(27-21-16-14-12-10-6-2)38-41-36(40-37(42-38)43(7-3)8-4)39-32-25-24-31-28-33(30-22-18-17-19-23-30)35(45)46-34(31)29-32;1-9-5-11(3)15(21)13(7-9)19-17(23)18(24)20-14-8-10(2)6-12(4)16(14)22;2*1-9-7-10(2)14(20)12(8-9)18-16(22)15(21)17-11-5-3-4-6-13(11)19/h17-19,22-25,28-29H,5-16,20-21,26-27H2,1-4H3,(H,39,40,41,42);5-8,21-22H,1-4H3,(H,19,23)(H,20,24);2*3-8,19-20H,1-2H3,(H,17,21)(H,18,22). The predicted octanol–water partition coefficient (Wildman–Crippen LogP) is 17.3. The summed E-state index contributed by atoms with van der Waals surface area (Å²) >= 11 is 0. The Balaban J connectivity index is 0.000000225. The number of aromatic hydroxyl groups is 6. The van der Waals surface area contributed by atoms with Gasteiger partial charge in [-0.3, -0.25) is 28.8 Å². The number of amides is 6. The monoisotopic (exact) mass is 1550 g/mol. The highest BCUT2D eigenvalue weighted by Crippen LogP contribution is 2.34. The Morgan fingerprint density at radius 2 is 0.711 bits per heavy atom. The summed E-state index contributed by atoms with van der Waals surface area (Å²) in [6, 6.07) is 42.7. The summed E-state index contributed by atoms with van der Waals surface area (Å²) < 4.78 is 5.78. The van der Waals surface area contributed by atoms with E-state index in [1.165, 1.54) is 88.5 Å². The van der Waals surface area contributed by atoms with E-state index in [1.807, 2.05) is 82.3 Å². The number of nitrogens with zero attached hydrogens (tertiary/aromatic N) is 5. The molecule has 0 atom stereocenters. The zero-order chi connectivity index (χ0) is 83.1. The summed E-state index contributed by atoms with van der Waals surface area (Å²) in [5.41, 5.74) is 8.96. The van der Waals surface area contributed by atoms with Gasteiger partial charge in [-0.05, 0) is 199 Å². The Labute approximate surface area is 665 Å². The molecule has 13 N–H and O–H groups in total. The van der Waals surface area contributed by atoms with E-state index in [4.69, 9.17) is 19.4 Å². The van der Waals surface area contributed by atoms with Crippen LogP contribution in [0, 0.1) is 55.4 Å². The van der Waals surface area contributed by atoms with Gasteiger partial charge in [0.2, 0.25) is 17.8 Å². The smallest absolute Gasteiger partial charge is 0.344 e. The lowest BCUT2D eigenvalue weighted by molar-refractivity contribution is -0.133. The third kappa shape index (κ3) is 26.3. The van der Waals surface area contributed by atoms with Crippen molar-refractivity contribution in [3.63, 3.8) is 0 Å². The minimum atomic E-state index is -0.944. The number of hydrogen-bond acceptors (Lipinski definition) is 20. The molecule has 10 rings (SSSR count). The van der Waals surface area contributed by atoms with Crippen LogP contribution in [-0.4, -0.2) is 107 Å². The average molecular weight is 1560 g/mol. The number of unbranched alkanes of at least 4 members (excludes halogenated alkanes) is 10. The van der Waals surface area contributed by atoms with Gasteiger partial charge in [0.25, 0.3) is 0 Å². The van der Waals surface area contributed by atoms with Crippen molar-refractivity contribution in [2.75, 3.05) is 73.2 Å². The number of benzene rings is 8. The first-order valence-electron chi connectivity index (χ1n) is 38.3. The highest BCUT2D eigenvalue weighted by atomic mass is 16.4. The molecule has 0 unspecified atom stereocenters. The lowest BCUT2D eigenvalue weighted by Gasteiger charge is -2.26. The van der Waals surface area contributed by atoms with Crippen LogP contribution in [-0.2, 0) is 28.8 Å². The van der Waals surface area contributed by atoms with E-state index in [0.717, 1.165) is 83.9 Å². The molecule has 114 heavy (non-hydrogen) atoms. The maximum absolute atomic E-state index is 12.9. The van der Waals surface area contributed by atoms with Crippen LogP contribution in [0.15, 0.2) is 161 Å².